The first-order chi connectivity index (χ1) is 16.1. The summed E-state index contributed by atoms with van der Waals surface area (Å²) in [6, 6.07) is 0. The van der Waals surface area contributed by atoms with Crippen LogP contribution in [0.2, 0.25) is 0 Å². The van der Waals surface area contributed by atoms with Crippen LogP contribution in [0.25, 0.3) is 0 Å². The van der Waals surface area contributed by atoms with E-state index in [1.165, 1.54) is 18.4 Å². The lowest BCUT2D eigenvalue weighted by Gasteiger charge is -2.70. The molecule has 0 aliphatic heterocycles. The summed E-state index contributed by atoms with van der Waals surface area (Å²) in [5, 5.41) is 10.3. The lowest BCUT2D eigenvalue weighted by atomic mass is 9.35. The van der Waals surface area contributed by atoms with Gasteiger partial charge in [-0.2, -0.15) is 0 Å². The molecule has 35 heavy (non-hydrogen) atoms. The molecule has 0 radical (unpaired) electrons. The standard InChI is InChI=1S/C31H43NO3/c1-19-21-9-10-24-29(5,22(21)17-23(34)26(19)35)14-16-31(7)25-18-28(4,32(8)20(2)33)13-11-27(25,3)12-15-30(24,31)6/h9-10,17,25,35H,11-16,18H2,1-8H3/t25-,27-,28-,29+,30-,31+/m1/s1. The summed E-state index contributed by atoms with van der Waals surface area (Å²) in [6.45, 7) is 15.7. The first kappa shape index (κ1) is 24.6. The predicted octanol–water partition coefficient (Wildman–Crippen LogP) is 6.84. The van der Waals surface area contributed by atoms with Crippen molar-refractivity contribution in [1.82, 2.24) is 4.90 Å². The molecule has 0 aromatic carbocycles. The van der Waals surface area contributed by atoms with Crippen molar-refractivity contribution in [2.45, 2.75) is 99.0 Å². The maximum absolute atomic E-state index is 12.7. The van der Waals surface area contributed by atoms with Gasteiger partial charge in [0.2, 0.25) is 11.7 Å². The number of ketones is 1. The third kappa shape index (κ3) is 2.98. The van der Waals surface area contributed by atoms with Gasteiger partial charge in [0, 0.05) is 30.5 Å². The SMILES string of the molecule is CC(=O)N(C)[C@]1(C)CC[C@]2(C)CC[C@]3(C)C4=CC=C5C(=CC(=O)C(O)=C5C)[C@]4(C)CC[C@@]3(C)[C@@H]2C1. The highest BCUT2D eigenvalue weighted by Crippen LogP contribution is 2.75. The molecule has 0 heterocycles. The molecule has 4 heteroatoms. The van der Waals surface area contributed by atoms with Crippen LogP contribution in [0.4, 0.5) is 0 Å². The van der Waals surface area contributed by atoms with Crippen LogP contribution in [0, 0.1) is 27.6 Å². The van der Waals surface area contributed by atoms with Crippen LogP contribution in [0.3, 0.4) is 0 Å². The molecule has 5 rings (SSSR count). The van der Waals surface area contributed by atoms with Crippen LogP contribution in [0.1, 0.15) is 93.4 Å². The summed E-state index contributed by atoms with van der Waals surface area (Å²) in [5.41, 5.74) is 4.40. The maximum atomic E-state index is 12.7. The Bertz CT molecular complexity index is 1160. The fourth-order valence-electron chi connectivity index (χ4n) is 9.12. The average molecular weight is 478 g/mol. The van der Waals surface area contributed by atoms with Crippen molar-refractivity contribution in [3.8, 4) is 0 Å². The Morgan fingerprint density at radius 2 is 1.66 bits per heavy atom. The lowest BCUT2D eigenvalue weighted by molar-refractivity contribution is -0.169. The molecule has 3 saturated carbocycles. The first-order valence-corrected chi connectivity index (χ1v) is 13.5. The van der Waals surface area contributed by atoms with E-state index in [1.807, 2.05) is 18.9 Å². The highest BCUT2D eigenvalue weighted by atomic mass is 16.3. The fraction of sp³-hybridized carbons (Fsp3) is 0.677. The van der Waals surface area contributed by atoms with Gasteiger partial charge in [0.15, 0.2) is 5.76 Å². The summed E-state index contributed by atoms with van der Waals surface area (Å²) in [5.74, 6) is 0.307. The lowest BCUT2D eigenvalue weighted by Crippen LogP contribution is -2.64. The maximum Gasteiger partial charge on any atom is 0.220 e. The van der Waals surface area contributed by atoms with E-state index >= 15 is 0 Å². The summed E-state index contributed by atoms with van der Waals surface area (Å²) in [7, 11) is 1.99. The van der Waals surface area contributed by atoms with Crippen molar-refractivity contribution in [1.29, 1.82) is 0 Å². The largest absolute Gasteiger partial charge is 0.504 e. The van der Waals surface area contributed by atoms with E-state index in [9.17, 15) is 14.7 Å². The minimum atomic E-state index is -0.262. The normalized spacial score (nSPS) is 44.7. The fourth-order valence-corrected chi connectivity index (χ4v) is 9.12. The quantitative estimate of drug-likeness (QED) is 0.450. The minimum absolute atomic E-state index is 0.0141. The molecule has 190 valence electrons. The van der Waals surface area contributed by atoms with E-state index in [1.54, 1.807) is 13.0 Å². The van der Waals surface area contributed by atoms with Crippen LogP contribution < -0.4 is 0 Å². The molecule has 5 aliphatic carbocycles. The molecular formula is C31H43NO3. The van der Waals surface area contributed by atoms with Crippen LogP contribution in [0.5, 0.6) is 0 Å². The van der Waals surface area contributed by atoms with Crippen LogP contribution in [-0.4, -0.2) is 34.3 Å². The zero-order chi connectivity index (χ0) is 25.8. The van der Waals surface area contributed by atoms with Crippen molar-refractivity contribution in [3.63, 3.8) is 0 Å². The Labute approximate surface area is 211 Å². The molecule has 0 aromatic heterocycles. The summed E-state index contributed by atoms with van der Waals surface area (Å²) >= 11 is 0. The molecular weight excluding hydrogens is 434 g/mol. The Morgan fingerprint density at radius 1 is 1.00 bits per heavy atom. The van der Waals surface area contributed by atoms with E-state index in [2.05, 4.69) is 46.8 Å². The van der Waals surface area contributed by atoms with Crippen molar-refractivity contribution >= 4 is 11.7 Å². The highest BCUT2D eigenvalue weighted by molar-refractivity contribution is 6.06. The monoisotopic (exact) mass is 477 g/mol. The number of hydrogen-bond donors (Lipinski definition) is 1. The van der Waals surface area contributed by atoms with Gasteiger partial charge >= 0.3 is 0 Å². The molecule has 0 bridgehead atoms. The molecule has 1 N–H and O–H groups in total. The van der Waals surface area contributed by atoms with E-state index in [0.29, 0.717) is 16.9 Å². The van der Waals surface area contributed by atoms with Crippen molar-refractivity contribution in [2.75, 3.05) is 7.05 Å². The molecule has 0 aromatic rings. The summed E-state index contributed by atoms with van der Waals surface area (Å²) < 4.78 is 0. The molecule has 6 atom stereocenters. The van der Waals surface area contributed by atoms with Gasteiger partial charge in [-0.25, -0.2) is 0 Å². The predicted molar refractivity (Wildman–Crippen MR) is 140 cm³/mol. The third-order valence-electron chi connectivity index (χ3n) is 12.1. The van der Waals surface area contributed by atoms with E-state index in [0.717, 1.165) is 43.3 Å². The minimum Gasteiger partial charge on any atom is -0.504 e. The van der Waals surface area contributed by atoms with Gasteiger partial charge in [-0.15, -0.1) is 0 Å². The average Bonchev–Trinajstić information content (AvgIpc) is 2.80. The molecule has 0 spiro atoms. The van der Waals surface area contributed by atoms with Gasteiger partial charge < -0.3 is 10.0 Å². The number of allylic oxidation sites excluding steroid dienone is 7. The number of carbonyl (C=O) groups excluding carboxylic acids is 2. The molecule has 4 nitrogen and oxygen atoms in total. The Hall–Kier alpha value is -2.10. The number of amides is 1. The van der Waals surface area contributed by atoms with Crippen LogP contribution in [0.15, 0.2) is 46.3 Å². The number of aliphatic hydroxyl groups excluding tert-OH is 1. The van der Waals surface area contributed by atoms with Crippen molar-refractivity contribution in [2.24, 2.45) is 27.6 Å². The van der Waals surface area contributed by atoms with Gasteiger partial charge in [-0.3, -0.25) is 9.59 Å². The second-order valence-corrected chi connectivity index (χ2v) is 13.6. The zero-order valence-corrected chi connectivity index (χ0v) is 23.0. The second-order valence-electron chi connectivity index (χ2n) is 13.6. The molecule has 3 fully saturated rings. The molecule has 1 amide bonds. The Balaban J connectivity index is 1.62. The molecule has 0 saturated heterocycles. The zero-order valence-electron chi connectivity index (χ0n) is 23.0. The van der Waals surface area contributed by atoms with Gasteiger partial charge in [-0.1, -0.05) is 45.4 Å². The Morgan fingerprint density at radius 3 is 2.31 bits per heavy atom. The number of rotatable bonds is 1. The highest BCUT2D eigenvalue weighted by Gasteiger charge is 2.67. The number of carbonyl (C=O) groups is 2. The van der Waals surface area contributed by atoms with E-state index in [4.69, 9.17) is 0 Å². The van der Waals surface area contributed by atoms with Crippen LogP contribution in [-0.2, 0) is 9.59 Å². The molecule has 5 aliphatic rings. The smallest absolute Gasteiger partial charge is 0.220 e. The van der Waals surface area contributed by atoms with Gasteiger partial charge in [-0.05, 0) is 98.2 Å². The van der Waals surface area contributed by atoms with Gasteiger partial charge in [0.05, 0.1) is 0 Å². The third-order valence-corrected chi connectivity index (χ3v) is 12.1. The number of aliphatic hydroxyl groups is 1. The summed E-state index contributed by atoms with van der Waals surface area (Å²) in [4.78, 5) is 27.1. The Kier molecular flexibility index (Phi) is 5.08. The second kappa shape index (κ2) is 7.23. The summed E-state index contributed by atoms with van der Waals surface area (Å²) in [6.07, 6.45) is 13.9. The number of hydrogen-bond acceptors (Lipinski definition) is 3. The topological polar surface area (TPSA) is 57.6 Å². The van der Waals surface area contributed by atoms with Crippen LogP contribution >= 0.6 is 0 Å². The van der Waals surface area contributed by atoms with E-state index in [-0.39, 0.29) is 39.2 Å². The molecule has 0 unspecified atom stereocenters. The van der Waals surface area contributed by atoms with E-state index < -0.39 is 0 Å². The first-order valence-electron chi connectivity index (χ1n) is 13.5. The van der Waals surface area contributed by atoms with Crippen molar-refractivity contribution in [3.05, 3.63) is 46.3 Å². The van der Waals surface area contributed by atoms with Gasteiger partial charge in [0.1, 0.15) is 0 Å². The number of fused-ring (bicyclic) bond motifs is 7. The van der Waals surface area contributed by atoms with Crippen molar-refractivity contribution < 1.29 is 14.7 Å². The van der Waals surface area contributed by atoms with Gasteiger partial charge in [0.25, 0.3) is 0 Å². The number of nitrogens with zero attached hydrogens (tertiary/aromatic N) is 1.